The van der Waals surface area contributed by atoms with Crippen LogP contribution >= 0.6 is 0 Å². The number of benzene rings is 2. The van der Waals surface area contributed by atoms with E-state index < -0.39 is 5.69 Å². The van der Waals surface area contributed by atoms with Gasteiger partial charge in [-0.3, -0.25) is 4.79 Å². The van der Waals surface area contributed by atoms with Crippen LogP contribution in [-0.2, 0) is 6.54 Å². The third-order valence-electron chi connectivity index (χ3n) is 3.63. The molecule has 5 nitrogen and oxygen atoms in total. The number of rotatable bonds is 4. The lowest BCUT2D eigenvalue weighted by atomic mass is 10.1. The maximum Gasteiger partial charge on any atom is 0.346 e. The van der Waals surface area contributed by atoms with E-state index >= 15 is 0 Å². The summed E-state index contributed by atoms with van der Waals surface area (Å²) in [4.78, 5) is 30.5. The van der Waals surface area contributed by atoms with Crippen LogP contribution in [0.5, 0.6) is 0 Å². The normalized spacial score (nSPS) is 10.4. The minimum Gasteiger partial charge on any atom is -0.347 e. The summed E-state index contributed by atoms with van der Waals surface area (Å²) in [6.45, 7) is 2.40. The Morgan fingerprint density at radius 3 is 2.50 bits per heavy atom. The molecule has 0 fully saturated rings. The number of amides is 1. The molecule has 0 aliphatic rings. The fraction of sp³-hybridized carbons (Fsp3) is 0.105. The van der Waals surface area contributed by atoms with Crippen LogP contribution in [0.15, 0.2) is 65.5 Å². The Hall–Kier alpha value is -3.21. The number of carbonyl (C=O) groups is 1. The summed E-state index contributed by atoms with van der Waals surface area (Å²) in [6, 6.07) is 18.8. The minimum absolute atomic E-state index is 0.195. The van der Waals surface area contributed by atoms with Crippen LogP contribution < -0.4 is 11.0 Å². The fourth-order valence-electron chi connectivity index (χ4n) is 2.32. The standard InChI is InChI=1S/C19H17N3O2/c1-13-7-9-14(10-8-13)12-20-18(23)17-11-16(21-19(24)22-17)15-5-3-2-4-6-15/h2-11H,12H2,1H3,(H,20,23)(H,21,22,24). The van der Waals surface area contributed by atoms with Crippen molar-refractivity contribution in [3.05, 3.63) is 88.0 Å². The van der Waals surface area contributed by atoms with E-state index in [0.29, 0.717) is 12.2 Å². The molecule has 0 atom stereocenters. The van der Waals surface area contributed by atoms with Gasteiger partial charge in [-0.2, -0.15) is 4.98 Å². The Kier molecular flexibility index (Phi) is 4.52. The van der Waals surface area contributed by atoms with Crippen LogP contribution in [0.1, 0.15) is 21.6 Å². The van der Waals surface area contributed by atoms with Gasteiger partial charge in [0.05, 0.1) is 5.69 Å². The Balaban J connectivity index is 1.78. The molecule has 0 spiro atoms. The van der Waals surface area contributed by atoms with Crippen molar-refractivity contribution in [3.63, 3.8) is 0 Å². The SMILES string of the molecule is Cc1ccc(CNC(=O)c2cc(-c3ccccc3)nc(=O)[nH]2)cc1. The number of aromatic amines is 1. The second kappa shape index (κ2) is 6.91. The Morgan fingerprint density at radius 1 is 1.08 bits per heavy atom. The first-order valence-corrected chi connectivity index (χ1v) is 7.62. The highest BCUT2D eigenvalue weighted by atomic mass is 16.2. The zero-order chi connectivity index (χ0) is 16.9. The lowest BCUT2D eigenvalue weighted by Gasteiger charge is -2.07. The number of H-pyrrole nitrogens is 1. The van der Waals surface area contributed by atoms with Crippen LogP contribution in [0.2, 0.25) is 0 Å². The fourth-order valence-corrected chi connectivity index (χ4v) is 2.32. The van der Waals surface area contributed by atoms with Crippen LogP contribution in [0.3, 0.4) is 0 Å². The number of nitrogens with zero attached hydrogens (tertiary/aromatic N) is 1. The van der Waals surface area contributed by atoms with Gasteiger partial charge >= 0.3 is 5.69 Å². The average Bonchev–Trinajstić information content (AvgIpc) is 2.61. The molecule has 2 N–H and O–H groups in total. The van der Waals surface area contributed by atoms with E-state index in [2.05, 4.69) is 15.3 Å². The molecule has 120 valence electrons. The molecule has 1 aromatic heterocycles. The maximum absolute atomic E-state index is 12.3. The third kappa shape index (κ3) is 3.76. The monoisotopic (exact) mass is 319 g/mol. The summed E-state index contributed by atoms with van der Waals surface area (Å²) in [5.74, 6) is -0.341. The summed E-state index contributed by atoms with van der Waals surface area (Å²) in [6.07, 6.45) is 0. The van der Waals surface area contributed by atoms with Crippen LogP contribution in [0.4, 0.5) is 0 Å². The maximum atomic E-state index is 12.3. The Labute approximate surface area is 139 Å². The highest BCUT2D eigenvalue weighted by Gasteiger charge is 2.10. The second-order valence-corrected chi connectivity index (χ2v) is 5.52. The molecular formula is C19H17N3O2. The van der Waals surface area contributed by atoms with Crippen molar-refractivity contribution in [1.29, 1.82) is 0 Å². The molecule has 1 amide bonds. The van der Waals surface area contributed by atoms with Crippen molar-refractivity contribution >= 4 is 5.91 Å². The lowest BCUT2D eigenvalue weighted by Crippen LogP contribution is -2.27. The smallest absolute Gasteiger partial charge is 0.346 e. The van der Waals surface area contributed by atoms with Gasteiger partial charge < -0.3 is 10.3 Å². The van der Waals surface area contributed by atoms with Gasteiger partial charge in [0.25, 0.3) is 5.91 Å². The summed E-state index contributed by atoms with van der Waals surface area (Å²) in [5, 5.41) is 2.80. The highest BCUT2D eigenvalue weighted by Crippen LogP contribution is 2.15. The second-order valence-electron chi connectivity index (χ2n) is 5.52. The van der Waals surface area contributed by atoms with Crippen LogP contribution in [0.25, 0.3) is 11.3 Å². The van der Waals surface area contributed by atoms with E-state index in [9.17, 15) is 9.59 Å². The van der Waals surface area contributed by atoms with Crippen molar-refractivity contribution in [2.75, 3.05) is 0 Å². The molecule has 0 radical (unpaired) electrons. The van der Waals surface area contributed by atoms with Crippen molar-refractivity contribution in [3.8, 4) is 11.3 Å². The minimum atomic E-state index is -0.545. The number of hydrogen-bond donors (Lipinski definition) is 2. The summed E-state index contributed by atoms with van der Waals surface area (Å²) >= 11 is 0. The van der Waals surface area contributed by atoms with Crippen molar-refractivity contribution in [1.82, 2.24) is 15.3 Å². The molecule has 0 bridgehead atoms. The molecule has 0 saturated heterocycles. The zero-order valence-electron chi connectivity index (χ0n) is 13.2. The molecular weight excluding hydrogens is 302 g/mol. The van der Waals surface area contributed by atoms with Gasteiger partial charge in [-0.05, 0) is 18.6 Å². The number of carbonyl (C=O) groups excluding carboxylic acids is 1. The van der Waals surface area contributed by atoms with Gasteiger partial charge in [0.2, 0.25) is 0 Å². The van der Waals surface area contributed by atoms with Gasteiger partial charge in [0.1, 0.15) is 5.69 Å². The lowest BCUT2D eigenvalue weighted by molar-refractivity contribution is 0.0945. The molecule has 0 aliphatic heterocycles. The summed E-state index contributed by atoms with van der Waals surface area (Å²) < 4.78 is 0. The van der Waals surface area contributed by atoms with E-state index in [1.165, 1.54) is 0 Å². The predicted octanol–water partition coefficient (Wildman–Crippen LogP) is 2.68. The van der Waals surface area contributed by atoms with Crippen LogP contribution in [0, 0.1) is 6.92 Å². The first kappa shape index (κ1) is 15.7. The number of aromatic nitrogens is 2. The molecule has 0 unspecified atom stereocenters. The van der Waals surface area contributed by atoms with Crippen molar-refractivity contribution in [2.45, 2.75) is 13.5 Å². The summed E-state index contributed by atoms with van der Waals surface area (Å²) in [7, 11) is 0. The van der Waals surface area contributed by atoms with E-state index in [4.69, 9.17) is 0 Å². The quantitative estimate of drug-likeness (QED) is 0.776. The van der Waals surface area contributed by atoms with E-state index in [0.717, 1.165) is 16.7 Å². The van der Waals surface area contributed by atoms with Gasteiger partial charge in [0, 0.05) is 12.1 Å². The number of hydrogen-bond acceptors (Lipinski definition) is 3. The van der Waals surface area contributed by atoms with Crippen molar-refractivity contribution < 1.29 is 4.79 Å². The number of aryl methyl sites for hydroxylation is 1. The number of nitrogens with one attached hydrogen (secondary N) is 2. The van der Waals surface area contributed by atoms with E-state index in [1.807, 2.05) is 61.5 Å². The molecule has 0 saturated carbocycles. The Bertz CT molecular complexity index is 900. The summed E-state index contributed by atoms with van der Waals surface area (Å²) in [5.41, 5.74) is 3.07. The first-order chi connectivity index (χ1) is 11.6. The third-order valence-corrected chi connectivity index (χ3v) is 3.63. The largest absolute Gasteiger partial charge is 0.347 e. The Morgan fingerprint density at radius 2 is 1.79 bits per heavy atom. The van der Waals surface area contributed by atoms with Gasteiger partial charge in [0.15, 0.2) is 0 Å². The molecule has 24 heavy (non-hydrogen) atoms. The first-order valence-electron chi connectivity index (χ1n) is 7.62. The van der Waals surface area contributed by atoms with E-state index in [1.54, 1.807) is 6.07 Å². The van der Waals surface area contributed by atoms with Gasteiger partial charge in [-0.1, -0.05) is 60.2 Å². The van der Waals surface area contributed by atoms with Gasteiger partial charge in [-0.15, -0.1) is 0 Å². The predicted molar refractivity (Wildman–Crippen MR) is 92.6 cm³/mol. The van der Waals surface area contributed by atoms with Gasteiger partial charge in [-0.25, -0.2) is 4.79 Å². The highest BCUT2D eigenvalue weighted by molar-refractivity contribution is 5.93. The molecule has 0 aliphatic carbocycles. The molecule has 3 aromatic rings. The molecule has 5 heteroatoms. The zero-order valence-corrected chi connectivity index (χ0v) is 13.2. The molecule has 2 aromatic carbocycles. The van der Waals surface area contributed by atoms with Crippen molar-refractivity contribution in [2.24, 2.45) is 0 Å². The molecule has 1 heterocycles. The van der Waals surface area contributed by atoms with E-state index in [-0.39, 0.29) is 11.6 Å². The molecule has 3 rings (SSSR count). The topological polar surface area (TPSA) is 74.8 Å². The average molecular weight is 319 g/mol. The van der Waals surface area contributed by atoms with Crippen LogP contribution in [-0.4, -0.2) is 15.9 Å².